The number of nitrogens with zero attached hydrogens (tertiary/aromatic N) is 2. The van der Waals surface area contributed by atoms with Crippen molar-refractivity contribution in [3.8, 4) is 0 Å². The second-order valence-corrected chi connectivity index (χ2v) is 6.26. The molecule has 1 aromatic carbocycles. The fourth-order valence-electron chi connectivity index (χ4n) is 2.77. The lowest BCUT2D eigenvalue weighted by Crippen LogP contribution is -2.46. The van der Waals surface area contributed by atoms with Gasteiger partial charge >= 0.3 is 5.76 Å². The van der Waals surface area contributed by atoms with E-state index in [2.05, 4.69) is 34.7 Å². The highest BCUT2D eigenvalue weighted by Gasteiger charge is 2.23. The maximum atomic E-state index is 12.0. The molecule has 2 aromatic rings. The summed E-state index contributed by atoms with van der Waals surface area (Å²) in [7, 11) is 0. The molecule has 1 aliphatic heterocycles. The monoisotopic (exact) mass is 340 g/mol. The van der Waals surface area contributed by atoms with Crippen molar-refractivity contribution in [2.75, 3.05) is 13.1 Å². The van der Waals surface area contributed by atoms with Gasteiger partial charge < -0.3 is 9.15 Å². The minimum atomic E-state index is -0.315. The van der Waals surface area contributed by atoms with Crippen LogP contribution in [-0.2, 0) is 11.4 Å². The van der Waals surface area contributed by atoms with Crippen LogP contribution in [0.3, 0.4) is 0 Å². The Morgan fingerprint density at radius 1 is 1.30 bits per heavy atom. The molecule has 6 heteroatoms. The number of aromatic nitrogens is 1. The van der Waals surface area contributed by atoms with E-state index in [1.54, 1.807) is 4.57 Å². The Bertz CT molecular complexity index is 669. The molecule has 0 N–H and O–H groups in total. The first kappa shape index (κ1) is 13.9. The number of oxazole rings is 1. The van der Waals surface area contributed by atoms with Gasteiger partial charge in [-0.3, -0.25) is 9.47 Å². The summed E-state index contributed by atoms with van der Waals surface area (Å²) in [4.78, 5) is 14.2. The highest BCUT2D eigenvalue weighted by atomic mass is 79.9. The molecule has 1 fully saturated rings. The Morgan fingerprint density at radius 3 is 2.70 bits per heavy atom. The van der Waals surface area contributed by atoms with Crippen LogP contribution in [0, 0.1) is 0 Å². The molecule has 0 bridgehead atoms. The Morgan fingerprint density at radius 2 is 2.00 bits per heavy atom. The number of fused-ring (bicyclic) bond motifs is 1. The summed E-state index contributed by atoms with van der Waals surface area (Å²) in [5, 5.41) is 0. The van der Waals surface area contributed by atoms with Gasteiger partial charge in [0.25, 0.3) is 0 Å². The van der Waals surface area contributed by atoms with Crippen molar-refractivity contribution in [2.24, 2.45) is 0 Å². The van der Waals surface area contributed by atoms with Gasteiger partial charge in [-0.15, -0.1) is 0 Å². The molecule has 0 saturated carbocycles. The van der Waals surface area contributed by atoms with E-state index in [4.69, 9.17) is 9.15 Å². The first-order chi connectivity index (χ1) is 9.52. The predicted octanol–water partition coefficient (Wildman–Crippen LogP) is 2.42. The third-order valence-corrected chi connectivity index (χ3v) is 3.96. The number of ether oxygens (including phenoxy) is 1. The average molecular weight is 341 g/mol. The number of morpholine rings is 1. The van der Waals surface area contributed by atoms with Gasteiger partial charge in [0.1, 0.15) is 0 Å². The minimum Gasteiger partial charge on any atom is -0.408 e. The maximum absolute atomic E-state index is 12.0. The number of halogens is 1. The van der Waals surface area contributed by atoms with Crippen LogP contribution in [0.5, 0.6) is 0 Å². The number of rotatable bonds is 2. The van der Waals surface area contributed by atoms with Crippen LogP contribution in [-0.4, -0.2) is 34.8 Å². The molecule has 3 rings (SSSR count). The molecular formula is C14H17BrN2O3. The van der Waals surface area contributed by atoms with Gasteiger partial charge in [0.15, 0.2) is 5.58 Å². The van der Waals surface area contributed by atoms with E-state index >= 15 is 0 Å². The minimum absolute atomic E-state index is 0.182. The molecule has 0 unspecified atom stereocenters. The van der Waals surface area contributed by atoms with Gasteiger partial charge in [0, 0.05) is 17.6 Å². The van der Waals surface area contributed by atoms with E-state index < -0.39 is 0 Å². The molecule has 2 heterocycles. The topological polar surface area (TPSA) is 47.6 Å². The van der Waals surface area contributed by atoms with E-state index in [1.165, 1.54) is 0 Å². The molecule has 20 heavy (non-hydrogen) atoms. The fourth-order valence-corrected chi connectivity index (χ4v) is 3.11. The van der Waals surface area contributed by atoms with Crippen LogP contribution < -0.4 is 5.76 Å². The van der Waals surface area contributed by atoms with E-state index in [9.17, 15) is 4.79 Å². The average Bonchev–Trinajstić information content (AvgIpc) is 2.64. The van der Waals surface area contributed by atoms with Crippen molar-refractivity contribution in [1.29, 1.82) is 0 Å². The van der Waals surface area contributed by atoms with Crippen LogP contribution in [0.4, 0.5) is 0 Å². The van der Waals surface area contributed by atoms with Crippen LogP contribution in [0.1, 0.15) is 13.8 Å². The molecule has 108 valence electrons. The highest BCUT2D eigenvalue weighted by Crippen LogP contribution is 2.20. The second-order valence-electron chi connectivity index (χ2n) is 5.34. The molecular weight excluding hydrogens is 324 g/mol. The standard InChI is InChI=1S/C14H17BrN2O3/c1-9-6-16(7-10(2)19-9)8-17-12-4-3-11(15)5-13(12)20-14(17)18/h3-5,9-10H,6-8H2,1-2H3/t9-,10-/m0/s1. The van der Waals surface area contributed by atoms with Gasteiger partial charge in [-0.25, -0.2) is 4.79 Å². The summed E-state index contributed by atoms with van der Waals surface area (Å²) in [6.45, 7) is 6.28. The normalized spacial score (nSPS) is 24.4. The van der Waals surface area contributed by atoms with E-state index in [0.29, 0.717) is 12.3 Å². The van der Waals surface area contributed by atoms with E-state index in [0.717, 1.165) is 23.1 Å². The Balaban J connectivity index is 1.91. The van der Waals surface area contributed by atoms with Crippen molar-refractivity contribution in [3.63, 3.8) is 0 Å². The molecule has 0 aliphatic carbocycles. The molecule has 1 aliphatic rings. The first-order valence-electron chi connectivity index (χ1n) is 6.69. The van der Waals surface area contributed by atoms with Crippen LogP contribution >= 0.6 is 15.9 Å². The van der Waals surface area contributed by atoms with Gasteiger partial charge in [-0.1, -0.05) is 15.9 Å². The summed E-state index contributed by atoms with van der Waals surface area (Å²) in [6, 6.07) is 5.63. The Labute approximate surface area is 125 Å². The van der Waals surface area contributed by atoms with Gasteiger partial charge in [0.05, 0.1) is 24.4 Å². The zero-order chi connectivity index (χ0) is 14.3. The summed E-state index contributed by atoms with van der Waals surface area (Å²) in [6.07, 6.45) is 0.364. The van der Waals surface area contributed by atoms with Crippen molar-refractivity contribution >= 4 is 27.0 Å². The Kier molecular flexibility index (Phi) is 3.70. The first-order valence-corrected chi connectivity index (χ1v) is 7.49. The predicted molar refractivity (Wildman–Crippen MR) is 79.8 cm³/mol. The number of hydrogen-bond acceptors (Lipinski definition) is 4. The molecule has 0 amide bonds. The number of benzene rings is 1. The van der Waals surface area contributed by atoms with Crippen LogP contribution in [0.15, 0.2) is 31.9 Å². The zero-order valence-electron chi connectivity index (χ0n) is 11.5. The molecule has 0 radical (unpaired) electrons. The second kappa shape index (κ2) is 5.35. The van der Waals surface area contributed by atoms with E-state index in [1.807, 2.05) is 18.2 Å². The Hall–Kier alpha value is -1.11. The zero-order valence-corrected chi connectivity index (χ0v) is 13.1. The van der Waals surface area contributed by atoms with Crippen LogP contribution in [0.25, 0.3) is 11.1 Å². The number of hydrogen-bond donors (Lipinski definition) is 0. The summed E-state index contributed by atoms with van der Waals surface area (Å²) >= 11 is 3.38. The summed E-state index contributed by atoms with van der Waals surface area (Å²) < 4.78 is 13.6. The lowest BCUT2D eigenvalue weighted by Gasteiger charge is -2.35. The third kappa shape index (κ3) is 2.68. The molecule has 1 aromatic heterocycles. The maximum Gasteiger partial charge on any atom is 0.421 e. The van der Waals surface area contributed by atoms with Crippen molar-refractivity contribution in [1.82, 2.24) is 9.47 Å². The molecule has 1 saturated heterocycles. The van der Waals surface area contributed by atoms with Crippen molar-refractivity contribution in [3.05, 3.63) is 33.2 Å². The SMILES string of the molecule is C[C@H]1CN(Cn2c(=O)oc3cc(Br)ccc32)C[C@H](C)O1. The highest BCUT2D eigenvalue weighted by molar-refractivity contribution is 9.10. The summed E-state index contributed by atoms with van der Waals surface area (Å²) in [5.41, 5.74) is 1.43. The largest absolute Gasteiger partial charge is 0.421 e. The van der Waals surface area contributed by atoms with E-state index in [-0.39, 0.29) is 18.0 Å². The van der Waals surface area contributed by atoms with Gasteiger partial charge in [-0.2, -0.15) is 0 Å². The quantitative estimate of drug-likeness (QED) is 0.842. The lowest BCUT2D eigenvalue weighted by atomic mass is 10.2. The van der Waals surface area contributed by atoms with Crippen LogP contribution in [0.2, 0.25) is 0 Å². The third-order valence-electron chi connectivity index (χ3n) is 3.47. The van der Waals surface area contributed by atoms with Gasteiger partial charge in [0.2, 0.25) is 0 Å². The molecule has 2 atom stereocenters. The van der Waals surface area contributed by atoms with Crippen molar-refractivity contribution in [2.45, 2.75) is 32.7 Å². The van der Waals surface area contributed by atoms with Gasteiger partial charge in [-0.05, 0) is 32.0 Å². The lowest BCUT2D eigenvalue weighted by molar-refractivity contribution is -0.0766. The van der Waals surface area contributed by atoms with Crippen molar-refractivity contribution < 1.29 is 9.15 Å². The smallest absolute Gasteiger partial charge is 0.408 e. The molecule has 5 nitrogen and oxygen atoms in total. The summed E-state index contributed by atoms with van der Waals surface area (Å²) in [5.74, 6) is -0.315. The molecule has 0 spiro atoms. The fraction of sp³-hybridized carbons (Fsp3) is 0.500.